The predicted octanol–water partition coefficient (Wildman–Crippen LogP) is 2.11. The van der Waals surface area contributed by atoms with Gasteiger partial charge < -0.3 is 5.11 Å². The molecule has 4 nitrogen and oxygen atoms in total. The summed E-state index contributed by atoms with van der Waals surface area (Å²) in [6, 6.07) is 6.92. The number of amides is 1. The van der Waals surface area contributed by atoms with Gasteiger partial charge in [0.1, 0.15) is 0 Å². The Labute approximate surface area is 104 Å². The highest BCUT2D eigenvalue weighted by Crippen LogP contribution is 2.38. The van der Waals surface area contributed by atoms with E-state index in [4.69, 9.17) is 11.6 Å². The van der Waals surface area contributed by atoms with Gasteiger partial charge in [0.15, 0.2) is 5.72 Å². The number of halogens is 1. The van der Waals surface area contributed by atoms with Crippen LogP contribution in [0.5, 0.6) is 0 Å². The van der Waals surface area contributed by atoms with E-state index >= 15 is 0 Å². The number of hydrazone groups is 1. The van der Waals surface area contributed by atoms with Gasteiger partial charge in [-0.05, 0) is 13.0 Å². The third kappa shape index (κ3) is 1.94. The maximum Gasteiger partial charge on any atom is 0.242 e. The highest BCUT2D eigenvalue weighted by Gasteiger charge is 2.44. The molecule has 1 aromatic rings. The molecule has 0 aromatic heterocycles. The zero-order valence-corrected chi connectivity index (χ0v) is 10.4. The summed E-state index contributed by atoms with van der Waals surface area (Å²) in [5.41, 5.74) is -0.270. The molecular formula is C12H13ClN2O2. The number of hydrogen-bond donors (Lipinski definition) is 1. The van der Waals surface area contributed by atoms with Crippen LogP contribution in [0.15, 0.2) is 29.4 Å². The molecule has 1 aromatic carbocycles. The van der Waals surface area contributed by atoms with Crippen molar-refractivity contribution in [2.75, 3.05) is 0 Å². The Morgan fingerprint density at radius 3 is 2.76 bits per heavy atom. The molecular weight excluding hydrogens is 240 g/mol. The van der Waals surface area contributed by atoms with Crippen molar-refractivity contribution in [2.45, 2.75) is 26.0 Å². The fourth-order valence-corrected chi connectivity index (χ4v) is 2.33. The van der Waals surface area contributed by atoms with E-state index in [0.717, 1.165) is 5.01 Å². The summed E-state index contributed by atoms with van der Waals surface area (Å²) in [6.07, 6.45) is 0.274. The number of benzene rings is 1. The van der Waals surface area contributed by atoms with Crippen molar-refractivity contribution < 1.29 is 9.90 Å². The molecule has 5 heteroatoms. The molecule has 0 bridgehead atoms. The van der Waals surface area contributed by atoms with Gasteiger partial charge in [0.2, 0.25) is 5.91 Å². The lowest BCUT2D eigenvalue weighted by atomic mass is 9.97. The van der Waals surface area contributed by atoms with E-state index in [1.54, 1.807) is 31.2 Å². The van der Waals surface area contributed by atoms with E-state index in [-0.39, 0.29) is 12.3 Å². The van der Waals surface area contributed by atoms with Gasteiger partial charge in [-0.25, -0.2) is 0 Å². The van der Waals surface area contributed by atoms with Crippen molar-refractivity contribution >= 4 is 23.2 Å². The molecule has 1 amide bonds. The SMILES string of the molecule is CC(=O)N1N=C(C)C[C@@]1(O)c1ccccc1Cl. The fraction of sp³-hybridized carbons (Fsp3) is 0.333. The zero-order valence-electron chi connectivity index (χ0n) is 9.64. The lowest BCUT2D eigenvalue weighted by molar-refractivity contribution is -0.155. The minimum absolute atomic E-state index is 0.274. The fourth-order valence-electron chi connectivity index (χ4n) is 2.05. The van der Waals surface area contributed by atoms with E-state index < -0.39 is 5.72 Å². The number of hydrogen-bond acceptors (Lipinski definition) is 3. The molecule has 0 aliphatic carbocycles. The molecule has 0 unspecified atom stereocenters. The normalized spacial score (nSPS) is 23.8. The summed E-state index contributed by atoms with van der Waals surface area (Å²) in [4.78, 5) is 11.5. The predicted molar refractivity (Wildman–Crippen MR) is 65.6 cm³/mol. The average molecular weight is 253 g/mol. The summed E-state index contributed by atoms with van der Waals surface area (Å²) < 4.78 is 0. The minimum Gasteiger partial charge on any atom is -0.365 e. The molecule has 1 aliphatic rings. The van der Waals surface area contributed by atoms with Crippen molar-refractivity contribution in [3.63, 3.8) is 0 Å². The van der Waals surface area contributed by atoms with Crippen LogP contribution in [-0.2, 0) is 10.5 Å². The Morgan fingerprint density at radius 2 is 2.18 bits per heavy atom. The molecule has 0 spiro atoms. The third-order valence-electron chi connectivity index (χ3n) is 2.73. The van der Waals surface area contributed by atoms with Gasteiger partial charge in [-0.1, -0.05) is 29.8 Å². The molecule has 1 N–H and O–H groups in total. The monoisotopic (exact) mass is 252 g/mol. The largest absolute Gasteiger partial charge is 0.365 e. The van der Waals surface area contributed by atoms with Crippen molar-refractivity contribution in [1.82, 2.24) is 5.01 Å². The topological polar surface area (TPSA) is 52.9 Å². The average Bonchev–Trinajstić information content (AvgIpc) is 2.55. The Balaban J connectivity index is 2.50. The summed E-state index contributed by atoms with van der Waals surface area (Å²) >= 11 is 6.06. The van der Waals surface area contributed by atoms with Crippen LogP contribution >= 0.6 is 11.6 Å². The number of carbonyl (C=O) groups is 1. The van der Waals surface area contributed by atoms with Crippen molar-refractivity contribution in [3.8, 4) is 0 Å². The second-order valence-electron chi connectivity index (χ2n) is 4.14. The summed E-state index contributed by atoms with van der Waals surface area (Å²) in [6.45, 7) is 3.13. The van der Waals surface area contributed by atoms with E-state index in [1.165, 1.54) is 6.92 Å². The Kier molecular flexibility index (Phi) is 2.93. The summed E-state index contributed by atoms with van der Waals surface area (Å²) in [7, 11) is 0. The molecule has 90 valence electrons. The van der Waals surface area contributed by atoms with E-state index in [0.29, 0.717) is 16.3 Å². The molecule has 1 atom stereocenters. The van der Waals surface area contributed by atoms with Crippen LogP contribution in [0, 0.1) is 0 Å². The minimum atomic E-state index is -1.46. The molecule has 2 rings (SSSR count). The molecule has 1 aliphatic heterocycles. The summed E-state index contributed by atoms with van der Waals surface area (Å²) in [5, 5.41) is 16.2. The standard InChI is InChI=1S/C12H13ClN2O2/c1-8-7-12(17,15(14-8)9(2)16)10-5-3-4-6-11(10)13/h3-6,17H,7H2,1-2H3/t12-/m1/s1. The van der Waals surface area contributed by atoms with Crippen molar-refractivity contribution in [2.24, 2.45) is 5.10 Å². The van der Waals surface area contributed by atoms with Crippen LogP contribution in [-0.4, -0.2) is 21.7 Å². The lowest BCUT2D eigenvalue weighted by Gasteiger charge is -2.31. The van der Waals surface area contributed by atoms with Crippen LogP contribution < -0.4 is 0 Å². The third-order valence-corrected chi connectivity index (χ3v) is 3.06. The quantitative estimate of drug-likeness (QED) is 0.832. The maximum absolute atomic E-state index is 11.5. The van der Waals surface area contributed by atoms with Gasteiger partial charge >= 0.3 is 0 Å². The second-order valence-corrected chi connectivity index (χ2v) is 4.55. The Hall–Kier alpha value is -1.39. The first kappa shape index (κ1) is 12.1. The molecule has 0 saturated carbocycles. The second kappa shape index (κ2) is 4.13. The first-order valence-electron chi connectivity index (χ1n) is 5.27. The summed E-state index contributed by atoms with van der Waals surface area (Å²) in [5.74, 6) is -0.315. The van der Waals surface area contributed by atoms with Crippen molar-refractivity contribution in [1.29, 1.82) is 0 Å². The van der Waals surface area contributed by atoms with E-state index in [9.17, 15) is 9.90 Å². The molecule has 0 radical (unpaired) electrons. The highest BCUT2D eigenvalue weighted by molar-refractivity contribution is 6.31. The molecule has 17 heavy (non-hydrogen) atoms. The van der Waals surface area contributed by atoms with Gasteiger partial charge in [-0.15, -0.1) is 0 Å². The van der Waals surface area contributed by atoms with E-state index in [1.807, 2.05) is 0 Å². The van der Waals surface area contributed by atoms with Crippen LogP contribution in [0.2, 0.25) is 5.02 Å². The van der Waals surface area contributed by atoms with Gasteiger partial charge in [0.05, 0.1) is 0 Å². The van der Waals surface area contributed by atoms with Crippen molar-refractivity contribution in [3.05, 3.63) is 34.9 Å². The van der Waals surface area contributed by atoms with Crippen LogP contribution in [0.25, 0.3) is 0 Å². The van der Waals surface area contributed by atoms with Gasteiger partial charge in [-0.3, -0.25) is 4.79 Å². The van der Waals surface area contributed by atoms with Gasteiger partial charge in [-0.2, -0.15) is 10.1 Å². The Bertz CT molecular complexity index is 501. The van der Waals surface area contributed by atoms with Gasteiger partial charge in [0.25, 0.3) is 0 Å². The first-order valence-corrected chi connectivity index (χ1v) is 5.65. The lowest BCUT2D eigenvalue weighted by Crippen LogP contribution is -2.42. The number of aliphatic hydroxyl groups is 1. The van der Waals surface area contributed by atoms with Gasteiger partial charge in [0, 0.05) is 29.6 Å². The smallest absolute Gasteiger partial charge is 0.242 e. The van der Waals surface area contributed by atoms with Crippen LogP contribution in [0.4, 0.5) is 0 Å². The number of rotatable bonds is 1. The number of carbonyl (C=O) groups excluding carboxylic acids is 1. The molecule has 0 fully saturated rings. The molecule has 0 saturated heterocycles. The molecule has 1 heterocycles. The highest BCUT2D eigenvalue weighted by atomic mass is 35.5. The van der Waals surface area contributed by atoms with Crippen LogP contribution in [0.1, 0.15) is 25.8 Å². The van der Waals surface area contributed by atoms with E-state index in [2.05, 4.69) is 5.10 Å². The zero-order chi connectivity index (χ0) is 12.6. The van der Waals surface area contributed by atoms with Crippen LogP contribution in [0.3, 0.4) is 0 Å². The maximum atomic E-state index is 11.5. The number of nitrogens with zero attached hydrogens (tertiary/aromatic N) is 2. The Morgan fingerprint density at radius 1 is 1.53 bits per heavy atom. The first-order chi connectivity index (χ1) is 7.95.